The summed E-state index contributed by atoms with van der Waals surface area (Å²) < 4.78 is 74.0. The van der Waals surface area contributed by atoms with Gasteiger partial charge in [0, 0.05) is 134 Å². The summed E-state index contributed by atoms with van der Waals surface area (Å²) in [6.45, 7) is 12.3. The summed E-state index contributed by atoms with van der Waals surface area (Å²) >= 11 is 0. The van der Waals surface area contributed by atoms with Crippen LogP contribution in [0.2, 0.25) is 0 Å². The largest absolute Gasteiger partial charge is 0.433 e. The van der Waals surface area contributed by atoms with Crippen molar-refractivity contribution in [1.82, 2.24) is 70.5 Å². The maximum absolute atomic E-state index is 12.8. The second-order valence-electron chi connectivity index (χ2n) is 19.9. The molecular formula is C54H54F6N16O. The minimum Gasteiger partial charge on any atom is -0.353 e. The number of nitrogens with one attached hydrogen (secondary N) is 3. The van der Waals surface area contributed by atoms with Crippen LogP contribution in [-0.4, -0.2) is 122 Å². The normalized spacial score (nSPS) is 18.8. The first kappa shape index (κ1) is 52.4. The molecule has 0 saturated carbocycles. The average Bonchev–Trinajstić information content (AvgIpc) is 4.04. The number of aryl methyl sites for hydroxylation is 4. The molecule has 0 radical (unpaired) electrons. The fourth-order valence-corrected chi connectivity index (χ4v) is 9.99. The average molecular weight is 1060 g/mol. The molecule has 14 rings (SSSR count). The van der Waals surface area contributed by atoms with Gasteiger partial charge in [-0.3, -0.25) is 29.9 Å². The van der Waals surface area contributed by atoms with Crippen LogP contribution >= 0.6 is 0 Å². The zero-order valence-electron chi connectivity index (χ0n) is 42.5. The molecule has 4 atom stereocenters. The number of fused-ring (bicyclic) bond motifs is 4. The summed E-state index contributed by atoms with van der Waals surface area (Å²) in [4.78, 5) is 51.8. The van der Waals surface area contributed by atoms with Gasteiger partial charge >= 0.3 is 12.4 Å². The highest BCUT2D eigenvalue weighted by molar-refractivity contribution is 5.73. The Hall–Kier alpha value is -8.05. The van der Waals surface area contributed by atoms with Gasteiger partial charge in [-0.05, 0) is 113 Å². The number of anilines is 2. The number of nitrogens with zero attached hydrogens (tertiary/aromatic N) is 13. The molecule has 23 heteroatoms. The highest BCUT2D eigenvalue weighted by Gasteiger charge is 2.45. The van der Waals surface area contributed by atoms with Crippen molar-refractivity contribution >= 4 is 17.9 Å². The van der Waals surface area contributed by atoms with Crippen LogP contribution in [0.25, 0.3) is 22.8 Å². The molecule has 4 bridgehead atoms. The van der Waals surface area contributed by atoms with E-state index in [4.69, 9.17) is 15.0 Å². The Labute approximate surface area is 439 Å². The van der Waals surface area contributed by atoms with Crippen molar-refractivity contribution in [2.24, 2.45) is 0 Å². The number of aromatic nitrogens is 12. The van der Waals surface area contributed by atoms with Gasteiger partial charge < -0.3 is 15.1 Å². The molecule has 0 spiro atoms. The van der Waals surface area contributed by atoms with E-state index in [0.717, 1.165) is 137 Å². The number of carbonyl (C=O) groups is 1. The van der Waals surface area contributed by atoms with Crippen LogP contribution in [0.4, 0.5) is 38.0 Å². The molecule has 398 valence electrons. The van der Waals surface area contributed by atoms with E-state index < -0.39 is 23.7 Å². The number of halogens is 6. The summed E-state index contributed by atoms with van der Waals surface area (Å²) in [6.07, 6.45) is 1.20. The number of alkyl halides is 6. The molecule has 4 unspecified atom stereocenters. The van der Waals surface area contributed by atoms with Crippen LogP contribution < -0.4 is 15.1 Å². The molecule has 14 heterocycles. The van der Waals surface area contributed by atoms with Crippen molar-refractivity contribution in [3.8, 4) is 22.8 Å². The Morgan fingerprint density at radius 2 is 1.05 bits per heavy atom. The van der Waals surface area contributed by atoms with E-state index in [-0.39, 0.29) is 5.56 Å². The van der Waals surface area contributed by atoms with Gasteiger partial charge in [-0.2, -0.15) is 36.5 Å². The lowest BCUT2D eigenvalue weighted by Gasteiger charge is -2.56. The van der Waals surface area contributed by atoms with E-state index in [9.17, 15) is 31.1 Å². The van der Waals surface area contributed by atoms with Crippen molar-refractivity contribution in [1.29, 1.82) is 0 Å². The summed E-state index contributed by atoms with van der Waals surface area (Å²) in [5.74, 6) is 3.30. The standard InChI is InChI=1S/C27H27F3N8.C20H23N7.C7H4F3NO/c1-16-7-20(9-21-8-17(2)35-36-21)34-26(33-16)19-4-6-25(32-12-19)37-14-22-10-23(15-37)38(22)13-18-3-5-24(31-11-18)27(28,29)30;1-12-5-15(7-16-6-13(2)25-26-16)24-20(22-12)14-3-4-19(21-9-14)27-10-17-8-18(11-27)23-17;8-7(9,10)6-2-1-5(4-12)3-11-6/h3-8,11-12,22-23H,9-10,13-15H2,1-2H3,(H,35,36);3-6,9,17-18,23H,7-8,10-11H2,1-2H3,(H,25,26);1-4H. The van der Waals surface area contributed by atoms with Crippen molar-refractivity contribution in [3.05, 3.63) is 166 Å². The minimum atomic E-state index is -4.44. The highest BCUT2D eigenvalue weighted by atomic mass is 19.4. The summed E-state index contributed by atoms with van der Waals surface area (Å²) in [5, 5.41) is 18.1. The molecule has 6 aliphatic heterocycles. The quantitative estimate of drug-likeness (QED) is 0.0825. The molecule has 77 heavy (non-hydrogen) atoms. The van der Waals surface area contributed by atoms with E-state index in [1.807, 2.05) is 76.5 Å². The monoisotopic (exact) mass is 1060 g/mol. The first-order chi connectivity index (χ1) is 36.9. The third kappa shape index (κ3) is 12.8. The lowest BCUT2D eigenvalue weighted by atomic mass is 9.87. The van der Waals surface area contributed by atoms with Crippen LogP contribution in [0.3, 0.4) is 0 Å². The molecule has 17 nitrogen and oxygen atoms in total. The lowest BCUT2D eigenvalue weighted by Crippen LogP contribution is -2.68. The maximum atomic E-state index is 12.8. The molecule has 0 aliphatic carbocycles. The van der Waals surface area contributed by atoms with Crippen LogP contribution in [0.1, 0.15) is 85.7 Å². The number of aldehydes is 1. The number of aromatic amines is 2. The van der Waals surface area contributed by atoms with E-state index in [0.29, 0.717) is 55.7 Å². The zero-order chi connectivity index (χ0) is 54.0. The number of pyridine rings is 4. The first-order valence-corrected chi connectivity index (χ1v) is 25.0. The van der Waals surface area contributed by atoms with Gasteiger partial charge in [0.15, 0.2) is 17.9 Å². The SMILES string of the molecule is Cc1cc(Cc2cc(C)[nH]n2)nc(-c2ccc(N3CC4CC(C3)N4)nc2)n1.Cc1cc(Cc2cc(C)[nH]n2)nc(-c2ccc(N3CC4CC(C3)N4Cc3ccc(C(F)(F)F)nc3)nc2)n1.O=Cc1ccc(C(F)(F)F)nc1. The molecule has 0 aromatic carbocycles. The Morgan fingerprint density at radius 3 is 1.45 bits per heavy atom. The van der Waals surface area contributed by atoms with E-state index in [2.05, 4.69) is 77.5 Å². The molecule has 6 fully saturated rings. The van der Waals surface area contributed by atoms with Gasteiger partial charge in [0.2, 0.25) is 0 Å². The van der Waals surface area contributed by atoms with Gasteiger partial charge in [-0.1, -0.05) is 6.07 Å². The minimum absolute atomic E-state index is 0.128. The third-order valence-corrected chi connectivity index (χ3v) is 13.7. The van der Waals surface area contributed by atoms with Crippen LogP contribution in [0.15, 0.2) is 97.6 Å². The van der Waals surface area contributed by atoms with Crippen molar-refractivity contribution in [2.45, 2.75) is 96.4 Å². The molecule has 0 amide bonds. The Balaban J connectivity index is 0.000000149. The topological polar surface area (TPSA) is 199 Å². The number of piperidine rings is 2. The number of hydrogen-bond acceptors (Lipinski definition) is 15. The van der Waals surface area contributed by atoms with E-state index in [1.165, 1.54) is 18.7 Å². The van der Waals surface area contributed by atoms with Gasteiger partial charge in [0.25, 0.3) is 0 Å². The molecule has 8 aromatic heterocycles. The summed E-state index contributed by atoms with van der Waals surface area (Å²) in [7, 11) is 0. The van der Waals surface area contributed by atoms with E-state index in [1.54, 1.807) is 0 Å². The molecule has 8 aromatic rings. The highest BCUT2D eigenvalue weighted by Crippen LogP contribution is 2.36. The predicted octanol–water partition coefficient (Wildman–Crippen LogP) is 8.28. The Bertz CT molecular complexity index is 3280. The maximum Gasteiger partial charge on any atom is 0.433 e. The number of piperazine rings is 2. The van der Waals surface area contributed by atoms with Gasteiger partial charge in [0.1, 0.15) is 23.0 Å². The third-order valence-electron chi connectivity index (χ3n) is 13.7. The lowest BCUT2D eigenvalue weighted by molar-refractivity contribution is -0.142. The van der Waals surface area contributed by atoms with Crippen molar-refractivity contribution < 1.29 is 31.1 Å². The Kier molecular flexibility index (Phi) is 14.9. The molecule has 3 N–H and O–H groups in total. The summed E-state index contributed by atoms with van der Waals surface area (Å²) in [6, 6.07) is 22.6. The van der Waals surface area contributed by atoms with Gasteiger partial charge in [-0.15, -0.1) is 0 Å². The van der Waals surface area contributed by atoms with Crippen molar-refractivity contribution in [3.63, 3.8) is 0 Å². The van der Waals surface area contributed by atoms with Crippen LogP contribution in [0.5, 0.6) is 0 Å². The zero-order valence-corrected chi connectivity index (χ0v) is 42.5. The molecule has 6 aliphatic rings. The second kappa shape index (κ2) is 21.9. The van der Waals surface area contributed by atoms with Crippen molar-refractivity contribution in [2.75, 3.05) is 36.0 Å². The molecule has 6 saturated heterocycles. The fraction of sp³-hybridized carbons (Fsp3) is 0.352. The molecular weight excluding hydrogens is 1000 g/mol. The number of rotatable bonds is 11. The number of hydrogen-bond donors (Lipinski definition) is 3. The van der Waals surface area contributed by atoms with E-state index >= 15 is 0 Å². The smallest absolute Gasteiger partial charge is 0.353 e. The first-order valence-electron chi connectivity index (χ1n) is 25.0. The van der Waals surface area contributed by atoms with Crippen LogP contribution in [0, 0.1) is 27.7 Å². The van der Waals surface area contributed by atoms with Gasteiger partial charge in [-0.25, -0.2) is 29.9 Å². The Morgan fingerprint density at radius 1 is 0.558 bits per heavy atom. The fourth-order valence-electron chi connectivity index (χ4n) is 9.99. The predicted molar refractivity (Wildman–Crippen MR) is 274 cm³/mol. The second-order valence-corrected chi connectivity index (χ2v) is 19.9. The summed E-state index contributed by atoms with van der Waals surface area (Å²) in [5.41, 5.74) is 8.59. The van der Waals surface area contributed by atoms with Gasteiger partial charge in [0.05, 0.1) is 22.8 Å². The van der Waals surface area contributed by atoms with Crippen LogP contribution in [-0.2, 0) is 31.7 Å². The number of H-pyrrole nitrogens is 2. The number of carbonyl (C=O) groups excluding carboxylic acids is 1.